The molecule has 2 aromatic carbocycles. The van der Waals surface area contributed by atoms with Gasteiger partial charge < -0.3 is 14.8 Å². The highest BCUT2D eigenvalue weighted by Crippen LogP contribution is 2.25. The Hall–Kier alpha value is -3.06. The second-order valence-corrected chi connectivity index (χ2v) is 6.03. The van der Waals surface area contributed by atoms with E-state index in [1.807, 2.05) is 13.8 Å². The molecule has 2 rings (SSSR count). The van der Waals surface area contributed by atoms with Crippen LogP contribution in [0.5, 0.6) is 11.5 Å². The summed E-state index contributed by atoms with van der Waals surface area (Å²) in [5.74, 6) is -0.700. The third-order valence-corrected chi connectivity index (χ3v) is 3.73. The van der Waals surface area contributed by atoms with Crippen molar-refractivity contribution >= 4 is 35.3 Å². The zero-order chi connectivity index (χ0) is 20.4. The molecular weight excluding hydrogens is 382 g/mol. The van der Waals surface area contributed by atoms with E-state index in [-0.39, 0.29) is 0 Å². The van der Waals surface area contributed by atoms with Gasteiger partial charge >= 0.3 is 11.8 Å². The van der Waals surface area contributed by atoms with Crippen LogP contribution in [0.1, 0.15) is 25.8 Å². The predicted octanol–water partition coefficient (Wildman–Crippen LogP) is 3.62. The highest BCUT2D eigenvalue weighted by Gasteiger charge is 2.15. The minimum Gasteiger partial charge on any atom is -0.492 e. The van der Waals surface area contributed by atoms with Gasteiger partial charge in [0.25, 0.3) is 0 Å². The van der Waals surface area contributed by atoms with Crippen molar-refractivity contribution in [2.45, 2.75) is 20.3 Å². The van der Waals surface area contributed by atoms with E-state index in [0.29, 0.717) is 41.0 Å². The van der Waals surface area contributed by atoms with Crippen molar-refractivity contribution in [1.82, 2.24) is 5.43 Å². The molecule has 0 aliphatic heterocycles. The van der Waals surface area contributed by atoms with Crippen LogP contribution in [0.2, 0.25) is 5.02 Å². The number of halogens is 1. The molecule has 0 aromatic heterocycles. The number of hydrogen-bond donors (Lipinski definition) is 2. The Morgan fingerprint density at radius 3 is 2.57 bits per heavy atom. The van der Waals surface area contributed by atoms with Crippen LogP contribution in [0.4, 0.5) is 5.69 Å². The van der Waals surface area contributed by atoms with E-state index >= 15 is 0 Å². The van der Waals surface area contributed by atoms with Crippen LogP contribution in [-0.2, 0) is 9.59 Å². The van der Waals surface area contributed by atoms with Crippen molar-refractivity contribution in [2.75, 3.05) is 18.5 Å². The molecule has 0 aliphatic carbocycles. The molecule has 0 fully saturated rings. The summed E-state index contributed by atoms with van der Waals surface area (Å²) in [6.45, 7) is 4.84. The number of nitrogens with one attached hydrogen (secondary N) is 2. The quantitative estimate of drug-likeness (QED) is 0.400. The molecule has 0 saturated carbocycles. The highest BCUT2D eigenvalue weighted by molar-refractivity contribution is 6.39. The van der Waals surface area contributed by atoms with Crippen molar-refractivity contribution in [3.05, 3.63) is 53.1 Å². The molecule has 0 spiro atoms. The second kappa shape index (κ2) is 10.9. The molecule has 2 aromatic rings. The average molecular weight is 404 g/mol. The van der Waals surface area contributed by atoms with Crippen LogP contribution in [0.3, 0.4) is 0 Å². The molecule has 2 amide bonds. The Kier molecular flexibility index (Phi) is 8.30. The smallest absolute Gasteiger partial charge is 0.329 e. The fraction of sp³-hybridized carbons (Fsp3) is 0.250. The number of carbonyl (C=O) groups excluding carboxylic acids is 2. The lowest BCUT2D eigenvalue weighted by molar-refractivity contribution is -0.136. The van der Waals surface area contributed by atoms with Crippen molar-refractivity contribution in [1.29, 1.82) is 0 Å². The van der Waals surface area contributed by atoms with Crippen molar-refractivity contribution in [2.24, 2.45) is 5.10 Å². The first-order valence-electron chi connectivity index (χ1n) is 8.83. The number of hydrogen-bond acceptors (Lipinski definition) is 5. The molecule has 0 unspecified atom stereocenters. The lowest BCUT2D eigenvalue weighted by Crippen LogP contribution is -2.32. The monoisotopic (exact) mass is 403 g/mol. The molecule has 2 N–H and O–H groups in total. The van der Waals surface area contributed by atoms with Gasteiger partial charge in [0.2, 0.25) is 0 Å². The molecule has 0 radical (unpaired) electrons. The van der Waals surface area contributed by atoms with Gasteiger partial charge in [-0.25, -0.2) is 5.43 Å². The summed E-state index contributed by atoms with van der Waals surface area (Å²) in [4.78, 5) is 23.9. The number of ether oxygens (including phenoxy) is 2. The number of benzene rings is 2. The maximum absolute atomic E-state index is 12.0. The van der Waals surface area contributed by atoms with Gasteiger partial charge in [-0.15, -0.1) is 0 Å². The van der Waals surface area contributed by atoms with Gasteiger partial charge in [-0.3, -0.25) is 9.59 Å². The summed E-state index contributed by atoms with van der Waals surface area (Å²) in [6, 6.07) is 12.0. The number of amides is 2. The van der Waals surface area contributed by atoms with Crippen molar-refractivity contribution in [3.8, 4) is 11.5 Å². The van der Waals surface area contributed by atoms with Crippen LogP contribution in [0, 0.1) is 0 Å². The molecule has 148 valence electrons. The SMILES string of the molecule is CCCOc1ccc(/C=N\NC(=O)C(=O)Nc2ccccc2OCC)cc1Cl. The molecule has 0 bridgehead atoms. The third-order valence-electron chi connectivity index (χ3n) is 3.44. The van der Waals surface area contributed by atoms with Crippen LogP contribution in [0.15, 0.2) is 47.6 Å². The number of hydrazone groups is 1. The average Bonchev–Trinajstić information content (AvgIpc) is 2.69. The second-order valence-electron chi connectivity index (χ2n) is 5.62. The predicted molar refractivity (Wildman–Crippen MR) is 109 cm³/mol. The lowest BCUT2D eigenvalue weighted by atomic mass is 10.2. The Labute approximate surface area is 168 Å². The van der Waals surface area contributed by atoms with Crippen LogP contribution >= 0.6 is 11.6 Å². The first kappa shape index (κ1) is 21.2. The number of rotatable bonds is 8. The summed E-state index contributed by atoms with van der Waals surface area (Å²) in [6.07, 6.45) is 2.26. The first-order chi connectivity index (χ1) is 13.5. The van der Waals surface area contributed by atoms with Crippen LogP contribution < -0.4 is 20.2 Å². The summed E-state index contributed by atoms with van der Waals surface area (Å²) in [5.41, 5.74) is 3.23. The van der Waals surface area contributed by atoms with E-state index < -0.39 is 11.8 Å². The fourth-order valence-electron chi connectivity index (χ4n) is 2.17. The Morgan fingerprint density at radius 2 is 1.86 bits per heavy atom. The molecule has 0 heterocycles. The third kappa shape index (κ3) is 6.28. The van der Waals surface area contributed by atoms with E-state index in [1.165, 1.54) is 6.21 Å². The van der Waals surface area contributed by atoms with Gasteiger partial charge in [-0.05, 0) is 49.2 Å². The van der Waals surface area contributed by atoms with E-state index in [9.17, 15) is 9.59 Å². The van der Waals surface area contributed by atoms with Gasteiger partial charge in [0.1, 0.15) is 11.5 Å². The summed E-state index contributed by atoms with van der Waals surface area (Å²) in [7, 11) is 0. The zero-order valence-electron chi connectivity index (χ0n) is 15.7. The number of anilines is 1. The Bertz CT molecular complexity index is 855. The normalized spacial score (nSPS) is 10.5. The van der Waals surface area contributed by atoms with E-state index in [1.54, 1.807) is 42.5 Å². The Balaban J connectivity index is 1.92. The summed E-state index contributed by atoms with van der Waals surface area (Å²) in [5, 5.41) is 6.71. The zero-order valence-corrected chi connectivity index (χ0v) is 16.5. The Morgan fingerprint density at radius 1 is 1.07 bits per heavy atom. The minimum absolute atomic E-state index is 0.405. The topological polar surface area (TPSA) is 89.0 Å². The van der Waals surface area contributed by atoms with Gasteiger partial charge in [-0.1, -0.05) is 30.7 Å². The first-order valence-corrected chi connectivity index (χ1v) is 9.21. The number of para-hydroxylation sites is 2. The summed E-state index contributed by atoms with van der Waals surface area (Å²) < 4.78 is 10.9. The van der Waals surface area contributed by atoms with Gasteiger partial charge in [-0.2, -0.15) is 5.10 Å². The number of carbonyl (C=O) groups is 2. The molecule has 7 nitrogen and oxygen atoms in total. The van der Waals surface area contributed by atoms with E-state index in [4.69, 9.17) is 21.1 Å². The standard InChI is InChI=1S/C20H22ClN3O4/c1-3-11-28-17-10-9-14(12-15(17)21)13-22-24-20(26)19(25)23-16-7-5-6-8-18(16)27-4-2/h5-10,12-13H,3-4,11H2,1-2H3,(H,23,25)(H,24,26)/b22-13-. The van der Waals surface area contributed by atoms with Crippen molar-refractivity contribution < 1.29 is 19.1 Å². The maximum Gasteiger partial charge on any atom is 0.329 e. The summed E-state index contributed by atoms with van der Waals surface area (Å²) >= 11 is 6.14. The van der Waals surface area contributed by atoms with E-state index in [0.717, 1.165) is 6.42 Å². The van der Waals surface area contributed by atoms with Gasteiger partial charge in [0.15, 0.2) is 0 Å². The molecule has 8 heteroatoms. The molecule has 0 atom stereocenters. The minimum atomic E-state index is -0.906. The highest BCUT2D eigenvalue weighted by atomic mass is 35.5. The maximum atomic E-state index is 12.0. The fourth-order valence-corrected chi connectivity index (χ4v) is 2.42. The molecular formula is C20H22ClN3O4. The molecule has 0 saturated heterocycles. The number of nitrogens with zero attached hydrogens (tertiary/aromatic N) is 1. The lowest BCUT2D eigenvalue weighted by Gasteiger charge is -2.10. The van der Waals surface area contributed by atoms with E-state index in [2.05, 4.69) is 15.8 Å². The van der Waals surface area contributed by atoms with Gasteiger partial charge in [0.05, 0.1) is 30.1 Å². The van der Waals surface area contributed by atoms with Gasteiger partial charge in [0, 0.05) is 0 Å². The van der Waals surface area contributed by atoms with Crippen molar-refractivity contribution in [3.63, 3.8) is 0 Å². The molecule has 28 heavy (non-hydrogen) atoms. The largest absolute Gasteiger partial charge is 0.492 e. The van der Waals surface area contributed by atoms with Crippen LogP contribution in [-0.4, -0.2) is 31.2 Å². The molecule has 0 aliphatic rings. The van der Waals surface area contributed by atoms with Crippen LogP contribution in [0.25, 0.3) is 0 Å².